The van der Waals surface area contributed by atoms with Crippen molar-refractivity contribution in [2.75, 3.05) is 27.7 Å². The van der Waals surface area contributed by atoms with Crippen molar-refractivity contribution in [2.24, 2.45) is 5.92 Å². The van der Waals surface area contributed by atoms with Gasteiger partial charge in [-0.3, -0.25) is 19.2 Å². The Kier molecular flexibility index (Phi) is 12.8. The zero-order chi connectivity index (χ0) is 37.2. The summed E-state index contributed by atoms with van der Waals surface area (Å²) in [6, 6.07) is 24.0. The van der Waals surface area contributed by atoms with Crippen molar-refractivity contribution in [1.82, 2.24) is 35.0 Å². The third-order valence-corrected chi connectivity index (χ3v) is 9.23. The Labute approximate surface area is 305 Å². The van der Waals surface area contributed by atoms with Crippen molar-refractivity contribution in [3.05, 3.63) is 114 Å². The number of aromatic nitrogens is 3. The number of benzene rings is 3. The van der Waals surface area contributed by atoms with Gasteiger partial charge in [0.1, 0.15) is 36.2 Å². The van der Waals surface area contributed by atoms with Gasteiger partial charge in [-0.2, -0.15) is 0 Å². The Hall–Kier alpha value is -5.52. The monoisotopic (exact) mass is 707 g/mol. The maximum absolute atomic E-state index is 14.2. The van der Waals surface area contributed by atoms with Gasteiger partial charge in [0.2, 0.25) is 17.7 Å². The van der Waals surface area contributed by atoms with Gasteiger partial charge in [-0.05, 0) is 48.4 Å². The first-order valence-corrected chi connectivity index (χ1v) is 17.8. The second-order valence-electron chi connectivity index (χ2n) is 13.9. The molecule has 0 bridgehead atoms. The Morgan fingerprint density at radius 2 is 1.56 bits per heavy atom. The maximum atomic E-state index is 14.2. The van der Waals surface area contributed by atoms with E-state index in [0.29, 0.717) is 50.2 Å². The van der Waals surface area contributed by atoms with E-state index >= 15 is 0 Å². The molecular weight excluding hydrogens is 658 g/mol. The van der Waals surface area contributed by atoms with E-state index in [1.165, 1.54) is 9.80 Å². The fraction of sp³-hybridized carbons (Fsp3) is 0.400. The van der Waals surface area contributed by atoms with Crippen LogP contribution in [0, 0.1) is 5.92 Å². The van der Waals surface area contributed by atoms with Crippen molar-refractivity contribution in [3.63, 3.8) is 0 Å². The number of nitrogens with zero attached hydrogens (tertiary/aromatic N) is 6. The van der Waals surface area contributed by atoms with Crippen LogP contribution in [0.25, 0.3) is 0 Å². The lowest BCUT2D eigenvalue weighted by Gasteiger charge is -2.35. The van der Waals surface area contributed by atoms with Gasteiger partial charge >= 0.3 is 0 Å². The minimum absolute atomic E-state index is 0.0756. The zero-order valence-corrected chi connectivity index (χ0v) is 30.6. The highest BCUT2D eigenvalue weighted by Crippen LogP contribution is 2.25. The Morgan fingerprint density at radius 1 is 0.904 bits per heavy atom. The Balaban J connectivity index is 1.27. The standard InChI is InChI=1S/C40H49N7O5/c1-28(2)23-33(38(49)47-22-14-20-34(47)40(51)45(5)35(39(50)44(3)4)24-29-15-8-6-9-16-29)41-37(48)32-19-12-13-21-36(32)52-27-31-26-46(43-42-31)25-30-17-10-7-11-18-30/h6-13,15-19,21,26,28,33-35H,14,20,22-25,27H2,1-5H3,(H,41,48)/t33-,34-,35+/m1/s1. The van der Waals surface area contributed by atoms with E-state index in [4.69, 9.17) is 4.74 Å². The summed E-state index contributed by atoms with van der Waals surface area (Å²) < 4.78 is 7.78. The largest absolute Gasteiger partial charge is 0.486 e. The van der Waals surface area contributed by atoms with Gasteiger partial charge in [0, 0.05) is 34.1 Å². The average molecular weight is 708 g/mol. The number of ether oxygens (including phenoxy) is 1. The number of amides is 4. The van der Waals surface area contributed by atoms with E-state index in [-0.39, 0.29) is 35.8 Å². The number of likely N-dealkylation sites (tertiary alicyclic amines) is 1. The molecule has 1 aliphatic heterocycles. The fourth-order valence-corrected chi connectivity index (χ4v) is 6.51. The molecule has 12 nitrogen and oxygen atoms in total. The first kappa shape index (κ1) is 37.7. The number of hydrogen-bond acceptors (Lipinski definition) is 7. The molecule has 274 valence electrons. The predicted octanol–water partition coefficient (Wildman–Crippen LogP) is 4.20. The maximum Gasteiger partial charge on any atom is 0.255 e. The van der Waals surface area contributed by atoms with E-state index in [1.54, 1.807) is 61.2 Å². The third kappa shape index (κ3) is 9.62. The van der Waals surface area contributed by atoms with Crippen molar-refractivity contribution >= 4 is 23.6 Å². The smallest absolute Gasteiger partial charge is 0.255 e. The van der Waals surface area contributed by atoms with Crippen LogP contribution in [-0.2, 0) is 34.0 Å². The Bertz CT molecular complexity index is 1810. The molecule has 1 fully saturated rings. The lowest BCUT2D eigenvalue weighted by Crippen LogP contribution is -2.57. The molecule has 0 radical (unpaired) electrons. The second-order valence-corrected chi connectivity index (χ2v) is 13.9. The van der Waals surface area contributed by atoms with Gasteiger partial charge < -0.3 is 24.8 Å². The van der Waals surface area contributed by atoms with Crippen LogP contribution in [0.1, 0.15) is 60.3 Å². The molecule has 0 aliphatic carbocycles. The van der Waals surface area contributed by atoms with Gasteiger partial charge in [-0.1, -0.05) is 91.9 Å². The van der Waals surface area contributed by atoms with Crippen LogP contribution in [0.4, 0.5) is 0 Å². The van der Waals surface area contributed by atoms with E-state index < -0.39 is 24.0 Å². The lowest BCUT2D eigenvalue weighted by molar-refractivity contribution is -0.149. The second kappa shape index (κ2) is 17.6. The number of hydrogen-bond donors (Lipinski definition) is 1. The molecule has 0 unspecified atom stereocenters. The summed E-state index contributed by atoms with van der Waals surface area (Å²) in [6.45, 7) is 5.01. The molecule has 1 aliphatic rings. The van der Waals surface area contributed by atoms with Gasteiger partial charge in [0.25, 0.3) is 5.91 Å². The Morgan fingerprint density at radius 3 is 2.23 bits per heavy atom. The summed E-state index contributed by atoms with van der Waals surface area (Å²) in [4.78, 5) is 60.0. The number of carbonyl (C=O) groups excluding carboxylic acids is 4. The molecule has 1 N–H and O–H groups in total. The highest BCUT2D eigenvalue weighted by molar-refractivity contribution is 6.00. The van der Waals surface area contributed by atoms with Gasteiger partial charge in [0.05, 0.1) is 18.3 Å². The van der Waals surface area contributed by atoms with Crippen LogP contribution >= 0.6 is 0 Å². The number of rotatable bonds is 15. The molecule has 4 aromatic rings. The summed E-state index contributed by atoms with van der Waals surface area (Å²) in [7, 11) is 4.97. The van der Waals surface area contributed by atoms with E-state index in [1.807, 2.05) is 74.5 Å². The SMILES string of the molecule is CC(C)C[C@@H](NC(=O)c1ccccc1OCc1cn(Cc2ccccc2)nn1)C(=O)N1CCC[C@@H]1C(=O)N(C)[C@@H](Cc1ccccc1)C(=O)N(C)C. The quantitative estimate of drug-likeness (QED) is 0.196. The molecular formula is C40H49N7O5. The summed E-state index contributed by atoms with van der Waals surface area (Å²) in [5.74, 6) is -0.848. The molecule has 4 amide bonds. The minimum Gasteiger partial charge on any atom is -0.486 e. The summed E-state index contributed by atoms with van der Waals surface area (Å²) >= 11 is 0. The van der Waals surface area contributed by atoms with E-state index in [0.717, 1.165) is 11.1 Å². The van der Waals surface area contributed by atoms with Crippen LogP contribution < -0.4 is 10.1 Å². The molecule has 52 heavy (non-hydrogen) atoms. The number of likely N-dealkylation sites (N-methyl/N-ethyl adjacent to an activating group) is 2. The van der Waals surface area contributed by atoms with Crippen molar-refractivity contribution in [2.45, 2.75) is 70.8 Å². The fourth-order valence-electron chi connectivity index (χ4n) is 6.51. The highest BCUT2D eigenvalue weighted by Gasteiger charge is 2.41. The van der Waals surface area contributed by atoms with Crippen LogP contribution in [0.15, 0.2) is 91.1 Å². The first-order valence-electron chi connectivity index (χ1n) is 17.8. The number of carbonyl (C=O) groups is 4. The molecule has 3 atom stereocenters. The summed E-state index contributed by atoms with van der Waals surface area (Å²) in [5, 5.41) is 11.4. The summed E-state index contributed by atoms with van der Waals surface area (Å²) in [5.41, 5.74) is 2.91. The zero-order valence-electron chi connectivity index (χ0n) is 30.6. The number of nitrogens with one attached hydrogen (secondary N) is 1. The normalized spacial score (nSPS) is 15.2. The van der Waals surface area contributed by atoms with Crippen molar-refractivity contribution in [1.29, 1.82) is 0 Å². The molecule has 12 heteroatoms. The topological polar surface area (TPSA) is 130 Å². The molecule has 1 saturated heterocycles. The molecule has 1 aromatic heterocycles. The average Bonchev–Trinajstić information content (AvgIpc) is 3.82. The van der Waals surface area contributed by atoms with Crippen molar-refractivity contribution in [3.8, 4) is 5.75 Å². The lowest BCUT2D eigenvalue weighted by atomic mass is 10.0. The van der Waals surface area contributed by atoms with Gasteiger partial charge in [-0.25, -0.2) is 4.68 Å². The van der Waals surface area contributed by atoms with E-state index in [9.17, 15) is 19.2 Å². The van der Waals surface area contributed by atoms with Crippen molar-refractivity contribution < 1.29 is 23.9 Å². The van der Waals surface area contributed by atoms with Crippen LogP contribution in [-0.4, -0.2) is 99.1 Å². The molecule has 2 heterocycles. The highest BCUT2D eigenvalue weighted by atomic mass is 16.5. The van der Waals surface area contributed by atoms with Crippen LogP contribution in [0.3, 0.4) is 0 Å². The third-order valence-electron chi connectivity index (χ3n) is 9.23. The molecule has 0 spiro atoms. The molecule has 3 aromatic carbocycles. The van der Waals surface area contributed by atoms with Gasteiger partial charge in [-0.15, -0.1) is 5.10 Å². The van der Waals surface area contributed by atoms with Crippen LogP contribution in [0.5, 0.6) is 5.75 Å². The minimum atomic E-state index is -0.874. The number of para-hydroxylation sites is 1. The van der Waals surface area contributed by atoms with E-state index in [2.05, 4.69) is 15.6 Å². The predicted molar refractivity (Wildman–Crippen MR) is 197 cm³/mol. The summed E-state index contributed by atoms with van der Waals surface area (Å²) in [6.07, 6.45) is 3.63. The van der Waals surface area contributed by atoms with Crippen LogP contribution in [0.2, 0.25) is 0 Å². The molecule has 5 rings (SSSR count). The molecule has 0 saturated carbocycles. The van der Waals surface area contributed by atoms with Gasteiger partial charge in [0.15, 0.2) is 0 Å². The first-order chi connectivity index (χ1) is 25.0.